The first kappa shape index (κ1) is 11.7. The highest BCUT2D eigenvalue weighted by Gasteiger charge is 2.27. The smallest absolute Gasteiger partial charge is 0.322 e. The lowest BCUT2D eigenvalue weighted by Gasteiger charge is -2.27. The van der Waals surface area contributed by atoms with Gasteiger partial charge in [0.05, 0.1) is 13.2 Å². The van der Waals surface area contributed by atoms with Crippen LogP contribution in [0.3, 0.4) is 0 Å². The Morgan fingerprint density at radius 2 is 2.00 bits per heavy atom. The Hall–Kier alpha value is -0.420. The number of alkyl halides is 3. The van der Waals surface area contributed by atoms with Gasteiger partial charge in [0.2, 0.25) is 5.91 Å². The normalized spacial score (nSPS) is 18.4. The molecular formula is C8H12ClF2NO2. The van der Waals surface area contributed by atoms with Gasteiger partial charge < -0.3 is 9.64 Å². The summed E-state index contributed by atoms with van der Waals surface area (Å²) in [5.74, 6) is -0.284. The van der Waals surface area contributed by atoms with E-state index < -0.39 is 11.8 Å². The molecule has 1 heterocycles. The van der Waals surface area contributed by atoms with Crippen LogP contribution in [0.25, 0.3) is 0 Å². The number of carbonyl (C=O) groups excluding carboxylic acids is 1. The number of hydrogen-bond acceptors (Lipinski definition) is 2. The van der Waals surface area contributed by atoms with E-state index in [1.807, 2.05) is 0 Å². The maximum Gasteiger partial charge on any atom is 0.322 e. The topological polar surface area (TPSA) is 29.5 Å². The predicted octanol–water partition coefficient (Wildman–Crippen LogP) is 1.46. The number of rotatable bonds is 3. The molecule has 0 aromatic rings. The molecule has 0 aromatic heterocycles. The number of morpholine rings is 1. The third kappa shape index (κ3) is 4.19. The van der Waals surface area contributed by atoms with Crippen LogP contribution < -0.4 is 0 Å². The van der Waals surface area contributed by atoms with Crippen LogP contribution in [-0.2, 0) is 9.53 Å². The van der Waals surface area contributed by atoms with E-state index in [0.717, 1.165) is 0 Å². The van der Waals surface area contributed by atoms with Crippen molar-refractivity contribution in [2.75, 3.05) is 26.3 Å². The third-order valence-corrected chi connectivity index (χ3v) is 2.18. The van der Waals surface area contributed by atoms with Crippen molar-refractivity contribution in [3.05, 3.63) is 0 Å². The van der Waals surface area contributed by atoms with Crippen molar-refractivity contribution < 1.29 is 18.3 Å². The van der Waals surface area contributed by atoms with E-state index in [1.165, 1.54) is 4.90 Å². The Labute approximate surface area is 86.0 Å². The minimum atomic E-state index is -3.28. The molecule has 0 atom stereocenters. The van der Waals surface area contributed by atoms with Gasteiger partial charge in [0.15, 0.2) is 0 Å². The van der Waals surface area contributed by atoms with Crippen molar-refractivity contribution >= 4 is 17.5 Å². The van der Waals surface area contributed by atoms with Gasteiger partial charge in [-0.15, -0.1) is 0 Å². The standard InChI is InChI=1S/C8H12ClF2NO2/c9-8(10,11)2-1-7(13)12-3-5-14-6-4-12/h1-6H2. The van der Waals surface area contributed by atoms with Gasteiger partial charge in [-0.05, 0) is 11.6 Å². The lowest BCUT2D eigenvalue weighted by Crippen LogP contribution is -2.40. The molecular weight excluding hydrogens is 216 g/mol. The quantitative estimate of drug-likeness (QED) is 0.683. The third-order valence-electron chi connectivity index (χ3n) is 1.99. The average Bonchev–Trinajstić information content (AvgIpc) is 2.14. The molecule has 0 aliphatic carbocycles. The zero-order chi connectivity index (χ0) is 10.6. The first-order valence-electron chi connectivity index (χ1n) is 4.41. The van der Waals surface area contributed by atoms with Gasteiger partial charge in [0.25, 0.3) is 0 Å². The van der Waals surface area contributed by atoms with E-state index in [1.54, 1.807) is 0 Å². The number of carbonyl (C=O) groups is 1. The molecule has 1 aliphatic rings. The van der Waals surface area contributed by atoms with E-state index in [-0.39, 0.29) is 12.3 Å². The van der Waals surface area contributed by atoms with Crippen molar-refractivity contribution in [3.63, 3.8) is 0 Å². The molecule has 0 unspecified atom stereocenters. The lowest BCUT2D eigenvalue weighted by molar-refractivity contribution is -0.136. The Kier molecular flexibility index (Phi) is 4.07. The Morgan fingerprint density at radius 3 is 2.50 bits per heavy atom. The summed E-state index contributed by atoms with van der Waals surface area (Å²) in [6.45, 7) is 1.91. The van der Waals surface area contributed by atoms with E-state index in [0.29, 0.717) is 26.3 Å². The maximum atomic E-state index is 12.2. The highest BCUT2D eigenvalue weighted by Crippen LogP contribution is 2.25. The number of hydrogen-bond donors (Lipinski definition) is 0. The van der Waals surface area contributed by atoms with Gasteiger partial charge >= 0.3 is 5.38 Å². The van der Waals surface area contributed by atoms with Gasteiger partial charge in [-0.1, -0.05) is 0 Å². The van der Waals surface area contributed by atoms with Crippen molar-refractivity contribution in [1.29, 1.82) is 0 Å². The summed E-state index contributed by atoms with van der Waals surface area (Å²) in [5.41, 5.74) is 0. The van der Waals surface area contributed by atoms with Crippen LogP contribution >= 0.6 is 11.6 Å². The second-order valence-electron chi connectivity index (χ2n) is 3.11. The number of amides is 1. The summed E-state index contributed by atoms with van der Waals surface area (Å²) in [4.78, 5) is 12.8. The second-order valence-corrected chi connectivity index (χ2v) is 3.66. The number of nitrogens with zero attached hydrogens (tertiary/aromatic N) is 1. The Balaban J connectivity index is 2.27. The molecule has 0 radical (unpaired) electrons. The fourth-order valence-corrected chi connectivity index (χ4v) is 1.31. The van der Waals surface area contributed by atoms with E-state index >= 15 is 0 Å². The summed E-state index contributed by atoms with van der Waals surface area (Å²) in [5, 5.41) is -3.28. The molecule has 6 heteroatoms. The van der Waals surface area contributed by atoms with E-state index in [4.69, 9.17) is 4.74 Å². The molecule has 0 bridgehead atoms. The molecule has 82 valence electrons. The zero-order valence-corrected chi connectivity index (χ0v) is 8.40. The summed E-state index contributed by atoms with van der Waals surface area (Å²) >= 11 is 4.69. The Morgan fingerprint density at radius 1 is 1.43 bits per heavy atom. The minimum Gasteiger partial charge on any atom is -0.378 e. The maximum absolute atomic E-state index is 12.2. The highest BCUT2D eigenvalue weighted by molar-refractivity contribution is 6.21. The van der Waals surface area contributed by atoms with Crippen LogP contribution in [0.15, 0.2) is 0 Å². The summed E-state index contributed by atoms with van der Waals surface area (Å²) < 4.78 is 29.5. The van der Waals surface area contributed by atoms with Crippen LogP contribution in [0.4, 0.5) is 8.78 Å². The molecule has 0 aromatic carbocycles. The summed E-state index contributed by atoms with van der Waals surface area (Å²) in [6.07, 6.45) is -0.818. The van der Waals surface area contributed by atoms with Crippen LogP contribution in [0.2, 0.25) is 0 Å². The minimum absolute atomic E-state index is 0.212. The molecule has 0 saturated carbocycles. The number of ether oxygens (including phenoxy) is 1. The van der Waals surface area contributed by atoms with Gasteiger partial charge in [0.1, 0.15) is 0 Å². The molecule has 1 amide bonds. The van der Waals surface area contributed by atoms with Crippen LogP contribution in [0, 0.1) is 0 Å². The first-order valence-corrected chi connectivity index (χ1v) is 4.79. The highest BCUT2D eigenvalue weighted by atomic mass is 35.5. The van der Waals surface area contributed by atoms with Crippen LogP contribution in [-0.4, -0.2) is 42.5 Å². The fraction of sp³-hybridized carbons (Fsp3) is 0.875. The van der Waals surface area contributed by atoms with Crippen molar-refractivity contribution in [1.82, 2.24) is 4.90 Å². The molecule has 14 heavy (non-hydrogen) atoms. The monoisotopic (exact) mass is 227 g/mol. The molecule has 1 aliphatic heterocycles. The van der Waals surface area contributed by atoms with Gasteiger partial charge in [-0.25, -0.2) is 0 Å². The predicted molar refractivity (Wildman–Crippen MR) is 47.4 cm³/mol. The first-order chi connectivity index (χ1) is 6.49. The number of halogens is 3. The van der Waals surface area contributed by atoms with Crippen molar-refractivity contribution in [2.24, 2.45) is 0 Å². The van der Waals surface area contributed by atoms with Crippen molar-refractivity contribution in [2.45, 2.75) is 18.2 Å². The lowest BCUT2D eigenvalue weighted by atomic mass is 10.2. The fourth-order valence-electron chi connectivity index (χ4n) is 1.22. The largest absolute Gasteiger partial charge is 0.378 e. The van der Waals surface area contributed by atoms with Crippen molar-refractivity contribution in [3.8, 4) is 0 Å². The van der Waals surface area contributed by atoms with Gasteiger partial charge in [-0.2, -0.15) is 8.78 Å². The van der Waals surface area contributed by atoms with Crippen LogP contribution in [0.1, 0.15) is 12.8 Å². The van der Waals surface area contributed by atoms with Gasteiger partial charge in [0, 0.05) is 25.9 Å². The summed E-state index contributed by atoms with van der Waals surface area (Å²) in [6, 6.07) is 0. The van der Waals surface area contributed by atoms with E-state index in [9.17, 15) is 13.6 Å². The molecule has 0 N–H and O–H groups in total. The average molecular weight is 228 g/mol. The molecule has 3 nitrogen and oxygen atoms in total. The molecule has 1 fully saturated rings. The second kappa shape index (κ2) is 4.89. The summed E-state index contributed by atoms with van der Waals surface area (Å²) in [7, 11) is 0. The van der Waals surface area contributed by atoms with Gasteiger partial charge in [-0.3, -0.25) is 4.79 Å². The van der Waals surface area contributed by atoms with Crippen LogP contribution in [0.5, 0.6) is 0 Å². The Bertz CT molecular complexity index is 202. The van der Waals surface area contributed by atoms with E-state index in [2.05, 4.69) is 11.6 Å². The molecule has 1 rings (SSSR count). The SMILES string of the molecule is O=C(CCC(F)(F)Cl)N1CCOCC1. The molecule has 1 saturated heterocycles. The zero-order valence-electron chi connectivity index (χ0n) is 7.64. The molecule has 0 spiro atoms.